The van der Waals surface area contributed by atoms with Crippen molar-refractivity contribution in [3.8, 4) is 33.8 Å². The van der Waals surface area contributed by atoms with Crippen LogP contribution >= 0.6 is 0 Å². The number of anilines is 3. The lowest BCUT2D eigenvalue weighted by molar-refractivity contribution is 0.668. The fourth-order valence-corrected chi connectivity index (χ4v) is 7.02. The number of benzene rings is 6. The molecule has 52 heavy (non-hydrogen) atoms. The third-order valence-corrected chi connectivity index (χ3v) is 9.72. The fourth-order valence-electron chi connectivity index (χ4n) is 7.02. The summed E-state index contributed by atoms with van der Waals surface area (Å²) in [5.41, 5.74) is 12.7. The van der Waals surface area contributed by atoms with Crippen LogP contribution in [0.25, 0.3) is 77.5 Å². The van der Waals surface area contributed by atoms with E-state index >= 15 is 0 Å². The molecule has 5 nitrogen and oxygen atoms in total. The summed E-state index contributed by atoms with van der Waals surface area (Å²) in [7, 11) is 0. The van der Waals surface area contributed by atoms with Crippen molar-refractivity contribution in [2.24, 2.45) is 0 Å². The van der Waals surface area contributed by atoms with Crippen LogP contribution in [-0.4, -0.2) is 15.0 Å². The maximum atomic E-state index is 6.16. The van der Waals surface area contributed by atoms with Crippen molar-refractivity contribution in [1.82, 2.24) is 15.0 Å². The molecule has 4 aromatic heterocycles. The van der Waals surface area contributed by atoms with Crippen LogP contribution in [0.1, 0.15) is 0 Å². The minimum atomic E-state index is 0.832. The first-order valence-corrected chi connectivity index (χ1v) is 17.3. The van der Waals surface area contributed by atoms with Crippen molar-refractivity contribution in [3.05, 3.63) is 182 Å². The number of aromatic nitrogens is 3. The van der Waals surface area contributed by atoms with Gasteiger partial charge in [0.25, 0.3) is 0 Å². The predicted molar refractivity (Wildman–Crippen MR) is 213 cm³/mol. The quantitative estimate of drug-likeness (QED) is 0.177. The molecule has 5 heteroatoms. The van der Waals surface area contributed by atoms with E-state index in [2.05, 4.69) is 132 Å². The first-order valence-electron chi connectivity index (χ1n) is 17.3. The number of rotatable bonds is 6. The van der Waals surface area contributed by atoms with Crippen LogP contribution in [0, 0.1) is 0 Å². The molecule has 10 rings (SSSR count). The average molecular weight is 667 g/mol. The van der Waals surface area contributed by atoms with Crippen molar-refractivity contribution in [3.63, 3.8) is 0 Å². The molecule has 6 aromatic carbocycles. The summed E-state index contributed by atoms with van der Waals surface area (Å²) in [6, 6.07) is 60.8. The third kappa shape index (κ3) is 5.32. The zero-order chi connectivity index (χ0) is 34.4. The molecule has 0 aliphatic heterocycles. The zero-order valence-electron chi connectivity index (χ0n) is 28.0. The normalized spacial score (nSPS) is 11.5. The van der Waals surface area contributed by atoms with Crippen molar-refractivity contribution >= 4 is 60.8 Å². The predicted octanol–water partition coefficient (Wildman–Crippen LogP) is 12.5. The third-order valence-electron chi connectivity index (χ3n) is 9.72. The highest BCUT2D eigenvalue weighted by Gasteiger charge is 2.15. The molecule has 0 unspecified atom stereocenters. The highest BCUT2D eigenvalue weighted by atomic mass is 16.3. The van der Waals surface area contributed by atoms with E-state index in [0.29, 0.717) is 0 Å². The standard InChI is InChI=1S/C47H30N4O/c1-4-10-41-31(7-1)19-27-43(49-41)33-13-21-36(22-14-33)51(37-23-15-34(16-24-37)44-28-20-32-8-2-5-11-42(32)50-44)38-25-17-35(18-26-38)45-29-47-40(30-48-45)39-9-3-6-12-46(39)52-47/h1-30H. The van der Waals surface area contributed by atoms with E-state index in [-0.39, 0.29) is 0 Å². The molecule has 0 bridgehead atoms. The smallest absolute Gasteiger partial charge is 0.139 e. The first-order chi connectivity index (χ1) is 25.7. The summed E-state index contributed by atoms with van der Waals surface area (Å²) in [4.78, 5) is 17.0. The average Bonchev–Trinajstić information content (AvgIpc) is 3.59. The Balaban J connectivity index is 1.02. The van der Waals surface area contributed by atoms with Gasteiger partial charge in [0.2, 0.25) is 0 Å². The van der Waals surface area contributed by atoms with Gasteiger partial charge in [-0.15, -0.1) is 0 Å². The van der Waals surface area contributed by atoms with Gasteiger partial charge in [0.05, 0.1) is 28.1 Å². The van der Waals surface area contributed by atoms with Gasteiger partial charge in [0.15, 0.2) is 0 Å². The minimum absolute atomic E-state index is 0.832. The highest BCUT2D eigenvalue weighted by Crippen LogP contribution is 2.38. The van der Waals surface area contributed by atoms with Crippen molar-refractivity contribution in [1.29, 1.82) is 0 Å². The van der Waals surface area contributed by atoms with Gasteiger partial charge in [-0.1, -0.05) is 103 Å². The van der Waals surface area contributed by atoms with Crippen LogP contribution < -0.4 is 4.90 Å². The molecule has 0 saturated carbocycles. The van der Waals surface area contributed by atoms with Gasteiger partial charge in [-0.2, -0.15) is 0 Å². The molecule has 4 heterocycles. The van der Waals surface area contributed by atoms with Gasteiger partial charge in [-0.25, -0.2) is 9.97 Å². The second kappa shape index (κ2) is 12.3. The molecule has 0 N–H and O–H groups in total. The number of hydrogen-bond acceptors (Lipinski definition) is 5. The Morgan fingerprint density at radius 1 is 0.385 bits per heavy atom. The number of hydrogen-bond donors (Lipinski definition) is 0. The summed E-state index contributed by atoms with van der Waals surface area (Å²) < 4.78 is 6.16. The van der Waals surface area contributed by atoms with Crippen molar-refractivity contribution in [2.75, 3.05) is 4.90 Å². The van der Waals surface area contributed by atoms with Crippen molar-refractivity contribution in [2.45, 2.75) is 0 Å². The van der Waals surface area contributed by atoms with E-state index < -0.39 is 0 Å². The van der Waals surface area contributed by atoms with E-state index in [1.807, 2.05) is 54.7 Å². The second-order valence-corrected chi connectivity index (χ2v) is 12.9. The van der Waals surface area contributed by atoms with Gasteiger partial charge < -0.3 is 9.32 Å². The topological polar surface area (TPSA) is 55.1 Å². The van der Waals surface area contributed by atoms with Crippen LogP contribution in [0.15, 0.2) is 187 Å². The molecule has 0 amide bonds. The Labute approximate surface area is 300 Å². The van der Waals surface area contributed by atoms with E-state index in [4.69, 9.17) is 19.4 Å². The van der Waals surface area contributed by atoms with Crippen LogP contribution in [0.3, 0.4) is 0 Å². The SMILES string of the molecule is c1ccc2nc(-c3ccc(N(c4ccc(-c5cc6oc7ccccc7c6cn5)cc4)c4ccc(-c5ccc6ccccc6n5)cc4)cc3)ccc2c1. The summed E-state index contributed by atoms with van der Waals surface area (Å²) in [6.45, 7) is 0. The number of pyridine rings is 3. The second-order valence-electron chi connectivity index (χ2n) is 12.9. The lowest BCUT2D eigenvalue weighted by Crippen LogP contribution is -2.09. The number of fused-ring (bicyclic) bond motifs is 5. The fraction of sp³-hybridized carbons (Fsp3) is 0. The number of furan rings is 1. The number of nitrogens with zero attached hydrogens (tertiary/aromatic N) is 4. The van der Waals surface area contributed by atoms with Crippen LogP contribution in [-0.2, 0) is 0 Å². The molecular weight excluding hydrogens is 637 g/mol. The summed E-state index contributed by atoms with van der Waals surface area (Å²) in [5, 5.41) is 4.36. The maximum Gasteiger partial charge on any atom is 0.139 e. The molecule has 0 fully saturated rings. The van der Waals surface area contributed by atoms with E-state index in [9.17, 15) is 0 Å². The lowest BCUT2D eigenvalue weighted by Gasteiger charge is -2.26. The Kier molecular flexibility index (Phi) is 7.07. The van der Waals surface area contributed by atoms with Gasteiger partial charge in [-0.3, -0.25) is 4.98 Å². The monoisotopic (exact) mass is 666 g/mol. The molecular formula is C47H30N4O. The highest BCUT2D eigenvalue weighted by molar-refractivity contribution is 6.05. The van der Waals surface area contributed by atoms with Crippen molar-refractivity contribution < 1.29 is 4.42 Å². The van der Waals surface area contributed by atoms with E-state index in [1.54, 1.807) is 0 Å². The van der Waals surface area contributed by atoms with Crippen LogP contribution in [0.5, 0.6) is 0 Å². The molecule has 244 valence electrons. The Morgan fingerprint density at radius 3 is 1.42 bits per heavy atom. The Hall–Kier alpha value is -7.11. The molecule has 0 radical (unpaired) electrons. The largest absolute Gasteiger partial charge is 0.456 e. The molecule has 0 spiro atoms. The van der Waals surface area contributed by atoms with E-state index in [1.165, 1.54) is 0 Å². The van der Waals surface area contributed by atoms with Crippen LogP contribution in [0.2, 0.25) is 0 Å². The summed E-state index contributed by atoms with van der Waals surface area (Å²) in [6.07, 6.45) is 1.91. The van der Waals surface area contributed by atoms with Gasteiger partial charge in [0, 0.05) is 67.6 Å². The lowest BCUT2D eigenvalue weighted by atomic mass is 10.1. The van der Waals surface area contributed by atoms with Gasteiger partial charge in [0.1, 0.15) is 11.2 Å². The summed E-state index contributed by atoms with van der Waals surface area (Å²) >= 11 is 0. The van der Waals surface area contributed by atoms with Gasteiger partial charge >= 0.3 is 0 Å². The Bertz CT molecular complexity index is 2770. The van der Waals surface area contributed by atoms with Crippen LogP contribution in [0.4, 0.5) is 17.1 Å². The summed E-state index contributed by atoms with van der Waals surface area (Å²) in [5.74, 6) is 0. The molecule has 0 saturated heterocycles. The number of para-hydroxylation sites is 3. The zero-order valence-corrected chi connectivity index (χ0v) is 28.0. The minimum Gasteiger partial charge on any atom is -0.456 e. The Morgan fingerprint density at radius 2 is 0.865 bits per heavy atom. The van der Waals surface area contributed by atoms with Gasteiger partial charge in [-0.05, 0) is 66.7 Å². The molecule has 10 aromatic rings. The van der Waals surface area contributed by atoms with E-state index in [0.717, 1.165) is 94.6 Å². The first kappa shape index (κ1) is 29.8. The molecule has 0 aliphatic rings. The molecule has 0 aliphatic carbocycles. The maximum absolute atomic E-state index is 6.16. The molecule has 0 atom stereocenters.